The monoisotopic (exact) mass is 494 g/mol. The van der Waals surface area contributed by atoms with Gasteiger partial charge in [-0.1, -0.05) is 30.3 Å². The van der Waals surface area contributed by atoms with E-state index >= 15 is 0 Å². The van der Waals surface area contributed by atoms with Crippen LogP contribution in [0.1, 0.15) is 50.1 Å². The molecule has 0 atom stereocenters. The maximum atomic E-state index is 10.6. The Bertz CT molecular complexity index is 809. The molecule has 0 radical (unpaired) electrons. The van der Waals surface area contributed by atoms with Gasteiger partial charge in [-0.3, -0.25) is 4.68 Å². The first-order valence-electron chi connectivity index (χ1n) is 10.2. The summed E-state index contributed by atoms with van der Waals surface area (Å²) in [5, 5.41) is 13.7. The molecular weight excluding hydrogens is 467 g/mol. The Morgan fingerprint density at radius 1 is 1.11 bits per heavy atom. The largest absolute Gasteiger partial charge is 0.480 e. The fourth-order valence-electron chi connectivity index (χ4n) is 4.26. The number of carboxylic acid groups (broad SMARTS) is 1. The first-order chi connectivity index (χ1) is 13.6. The maximum absolute atomic E-state index is 10.6. The topological polar surface area (TPSA) is 64.3 Å². The second kappa shape index (κ2) is 8.95. The molecule has 6 heteroatoms. The molecule has 4 rings (SSSR count). The summed E-state index contributed by atoms with van der Waals surface area (Å²) in [6, 6.07) is 10.5. The SMILES string of the molecule is O=C(O)COC[C@H]1CC[C@H](Cn2nc(-c3ccccc3)c(I)c2C2CC2)CC1. The van der Waals surface area contributed by atoms with Gasteiger partial charge in [-0.2, -0.15) is 5.10 Å². The highest BCUT2D eigenvalue weighted by Crippen LogP contribution is 2.45. The minimum Gasteiger partial charge on any atom is -0.480 e. The lowest BCUT2D eigenvalue weighted by molar-refractivity contribution is -0.142. The van der Waals surface area contributed by atoms with Crippen molar-refractivity contribution in [1.29, 1.82) is 0 Å². The van der Waals surface area contributed by atoms with Crippen LogP contribution in [-0.4, -0.2) is 34.1 Å². The van der Waals surface area contributed by atoms with Gasteiger partial charge in [0.15, 0.2) is 0 Å². The fraction of sp³-hybridized carbons (Fsp3) is 0.545. The van der Waals surface area contributed by atoms with Crippen LogP contribution in [0, 0.1) is 15.4 Å². The van der Waals surface area contributed by atoms with E-state index in [2.05, 4.69) is 51.5 Å². The van der Waals surface area contributed by atoms with Gasteiger partial charge in [0, 0.05) is 18.0 Å². The van der Waals surface area contributed by atoms with E-state index in [1.54, 1.807) is 0 Å². The van der Waals surface area contributed by atoms with Crippen molar-refractivity contribution in [2.24, 2.45) is 11.8 Å². The average molecular weight is 494 g/mol. The number of benzene rings is 1. The number of rotatable bonds is 8. The van der Waals surface area contributed by atoms with Crippen LogP contribution in [0.5, 0.6) is 0 Å². The van der Waals surface area contributed by atoms with Crippen LogP contribution in [0.3, 0.4) is 0 Å². The summed E-state index contributed by atoms with van der Waals surface area (Å²) >= 11 is 2.49. The smallest absolute Gasteiger partial charge is 0.329 e. The number of ether oxygens (including phenoxy) is 1. The zero-order valence-corrected chi connectivity index (χ0v) is 18.2. The van der Waals surface area contributed by atoms with Gasteiger partial charge >= 0.3 is 5.97 Å². The first kappa shape index (κ1) is 19.9. The molecule has 2 aromatic rings. The van der Waals surface area contributed by atoms with Gasteiger partial charge < -0.3 is 9.84 Å². The van der Waals surface area contributed by atoms with E-state index in [9.17, 15) is 4.79 Å². The summed E-state index contributed by atoms with van der Waals surface area (Å²) in [5.41, 5.74) is 3.76. The third-order valence-corrected chi connectivity index (χ3v) is 6.98. The molecule has 5 nitrogen and oxygen atoms in total. The van der Waals surface area contributed by atoms with Crippen LogP contribution in [0.2, 0.25) is 0 Å². The quantitative estimate of drug-likeness (QED) is 0.529. The second-order valence-electron chi connectivity index (χ2n) is 8.17. The van der Waals surface area contributed by atoms with Crippen LogP contribution in [0.25, 0.3) is 11.3 Å². The molecule has 0 unspecified atom stereocenters. The summed E-state index contributed by atoms with van der Waals surface area (Å²) in [4.78, 5) is 10.6. The number of aliphatic carboxylic acids is 1. The molecule has 2 aliphatic rings. The van der Waals surface area contributed by atoms with Crippen molar-refractivity contribution in [3.05, 3.63) is 39.6 Å². The fourth-order valence-corrected chi connectivity index (χ4v) is 5.40. The van der Waals surface area contributed by atoms with E-state index in [0.717, 1.165) is 25.1 Å². The van der Waals surface area contributed by atoms with Gasteiger partial charge in [0.1, 0.15) is 12.3 Å². The Kier molecular flexibility index (Phi) is 6.35. The highest BCUT2D eigenvalue weighted by Gasteiger charge is 2.33. The molecule has 0 bridgehead atoms. The van der Waals surface area contributed by atoms with Crippen LogP contribution in [-0.2, 0) is 16.1 Å². The number of hydrogen-bond donors (Lipinski definition) is 1. The predicted molar refractivity (Wildman–Crippen MR) is 116 cm³/mol. The van der Waals surface area contributed by atoms with Crippen molar-refractivity contribution >= 4 is 28.6 Å². The summed E-state index contributed by atoms with van der Waals surface area (Å²) in [6.07, 6.45) is 7.14. The van der Waals surface area contributed by atoms with Gasteiger partial charge in [0.05, 0.1) is 15.9 Å². The highest BCUT2D eigenvalue weighted by atomic mass is 127. The molecule has 0 spiro atoms. The van der Waals surface area contributed by atoms with Crippen molar-refractivity contribution in [1.82, 2.24) is 9.78 Å². The van der Waals surface area contributed by atoms with Gasteiger partial charge in [-0.15, -0.1) is 0 Å². The van der Waals surface area contributed by atoms with Crippen LogP contribution >= 0.6 is 22.6 Å². The molecule has 0 aliphatic heterocycles. The molecule has 1 aromatic carbocycles. The van der Waals surface area contributed by atoms with E-state index in [-0.39, 0.29) is 6.61 Å². The zero-order valence-electron chi connectivity index (χ0n) is 16.0. The Labute approximate surface area is 179 Å². The van der Waals surface area contributed by atoms with E-state index < -0.39 is 5.97 Å². The van der Waals surface area contributed by atoms with E-state index in [4.69, 9.17) is 14.9 Å². The lowest BCUT2D eigenvalue weighted by atomic mass is 9.82. The minimum absolute atomic E-state index is 0.182. The van der Waals surface area contributed by atoms with Crippen molar-refractivity contribution in [2.45, 2.75) is 51.0 Å². The summed E-state index contributed by atoms with van der Waals surface area (Å²) in [5.74, 6) is 0.935. The molecule has 0 amide bonds. The Morgan fingerprint density at radius 3 is 2.43 bits per heavy atom. The van der Waals surface area contributed by atoms with Gasteiger partial charge in [-0.25, -0.2) is 4.79 Å². The second-order valence-corrected chi connectivity index (χ2v) is 9.24. The molecule has 28 heavy (non-hydrogen) atoms. The number of carboxylic acids is 1. The van der Waals surface area contributed by atoms with Crippen molar-refractivity contribution in [3.63, 3.8) is 0 Å². The molecule has 150 valence electrons. The van der Waals surface area contributed by atoms with Crippen LogP contribution < -0.4 is 0 Å². The molecule has 0 saturated heterocycles. The molecule has 2 saturated carbocycles. The first-order valence-corrected chi connectivity index (χ1v) is 11.3. The highest BCUT2D eigenvalue weighted by molar-refractivity contribution is 14.1. The zero-order chi connectivity index (χ0) is 19.5. The third-order valence-electron chi connectivity index (χ3n) is 5.92. The molecule has 1 heterocycles. The standard InChI is InChI=1S/C22H27IN2O3/c23-20-21(17-4-2-1-3-5-17)24-25(22(20)18-10-11-18)12-15-6-8-16(9-7-15)13-28-14-19(26)27/h1-5,15-16,18H,6-14H2,(H,26,27)/t15-,16-. The molecule has 1 aromatic heterocycles. The summed E-state index contributed by atoms with van der Waals surface area (Å²) in [7, 11) is 0. The molecule has 1 N–H and O–H groups in total. The maximum Gasteiger partial charge on any atom is 0.329 e. The summed E-state index contributed by atoms with van der Waals surface area (Å²) in [6.45, 7) is 1.39. The molecular formula is C22H27IN2O3. The van der Waals surface area contributed by atoms with E-state index in [1.807, 2.05) is 6.07 Å². The normalized spacial score (nSPS) is 22.3. The number of hydrogen-bond acceptors (Lipinski definition) is 3. The van der Waals surface area contributed by atoms with E-state index in [1.165, 1.54) is 40.5 Å². The number of halogens is 1. The van der Waals surface area contributed by atoms with Gasteiger partial charge in [0.2, 0.25) is 0 Å². The molecule has 2 aliphatic carbocycles. The lowest BCUT2D eigenvalue weighted by Crippen LogP contribution is -2.23. The average Bonchev–Trinajstić information content (AvgIpc) is 3.47. The van der Waals surface area contributed by atoms with Gasteiger partial charge in [0.25, 0.3) is 0 Å². The molecule has 2 fully saturated rings. The Hall–Kier alpha value is -1.41. The van der Waals surface area contributed by atoms with Crippen LogP contribution in [0.4, 0.5) is 0 Å². The Balaban J connectivity index is 1.41. The van der Waals surface area contributed by atoms with Crippen molar-refractivity contribution in [3.8, 4) is 11.3 Å². The lowest BCUT2D eigenvalue weighted by Gasteiger charge is -2.28. The van der Waals surface area contributed by atoms with Crippen LogP contribution in [0.15, 0.2) is 30.3 Å². The third kappa shape index (κ3) is 4.76. The Morgan fingerprint density at radius 2 is 1.79 bits per heavy atom. The number of aromatic nitrogens is 2. The summed E-state index contributed by atoms with van der Waals surface area (Å²) < 4.78 is 8.92. The number of nitrogens with zero attached hydrogens (tertiary/aromatic N) is 2. The minimum atomic E-state index is -0.885. The van der Waals surface area contributed by atoms with Crippen molar-refractivity contribution in [2.75, 3.05) is 13.2 Å². The predicted octanol–water partition coefficient (Wildman–Crippen LogP) is 4.94. The van der Waals surface area contributed by atoms with Gasteiger partial charge in [-0.05, 0) is 73.0 Å². The van der Waals surface area contributed by atoms with Crippen molar-refractivity contribution < 1.29 is 14.6 Å². The van der Waals surface area contributed by atoms with E-state index in [0.29, 0.717) is 24.4 Å². The number of carbonyl (C=O) groups is 1.